The highest BCUT2D eigenvalue weighted by atomic mass is 16.5. The van der Waals surface area contributed by atoms with E-state index in [0.29, 0.717) is 11.1 Å². The summed E-state index contributed by atoms with van der Waals surface area (Å²) < 4.78 is 10.7. The predicted octanol–water partition coefficient (Wildman–Crippen LogP) is 4.09. The number of hydrogen-bond donors (Lipinski definition) is 0. The maximum Gasteiger partial charge on any atom is 0.338 e. The first-order valence-electron chi connectivity index (χ1n) is 7.74. The number of carbonyl (C=O) groups excluding carboxylic acids is 2. The molecule has 0 amide bonds. The van der Waals surface area contributed by atoms with Gasteiger partial charge in [-0.25, -0.2) is 9.59 Å². The summed E-state index contributed by atoms with van der Waals surface area (Å²) in [6, 6.07) is 6.45. The maximum absolute atomic E-state index is 12.1. The van der Waals surface area contributed by atoms with Crippen molar-refractivity contribution < 1.29 is 19.1 Å². The Balaban J connectivity index is 2.81. The maximum atomic E-state index is 12.1. The first-order chi connectivity index (χ1) is 10.2. The largest absolute Gasteiger partial charge is 0.459 e. The molecule has 0 saturated heterocycles. The Morgan fingerprint density at radius 3 is 1.45 bits per heavy atom. The van der Waals surface area contributed by atoms with Gasteiger partial charge < -0.3 is 9.47 Å². The van der Waals surface area contributed by atoms with E-state index in [9.17, 15) is 9.59 Å². The number of benzene rings is 1. The fourth-order valence-electron chi connectivity index (χ4n) is 1.52. The van der Waals surface area contributed by atoms with E-state index in [1.807, 2.05) is 41.5 Å². The zero-order chi connectivity index (χ0) is 16.9. The van der Waals surface area contributed by atoms with Gasteiger partial charge in [0.2, 0.25) is 0 Å². The lowest BCUT2D eigenvalue weighted by Crippen LogP contribution is -2.21. The second kappa shape index (κ2) is 7.97. The molecule has 0 saturated carbocycles. The van der Waals surface area contributed by atoms with Crippen molar-refractivity contribution in [1.82, 2.24) is 0 Å². The van der Waals surface area contributed by atoms with Crippen LogP contribution in [0, 0.1) is 11.8 Å². The predicted molar refractivity (Wildman–Crippen MR) is 85.9 cm³/mol. The molecule has 0 heterocycles. The number of ether oxygens (including phenoxy) is 2. The van der Waals surface area contributed by atoms with Gasteiger partial charge in [0.15, 0.2) is 0 Å². The molecule has 122 valence electrons. The summed E-state index contributed by atoms with van der Waals surface area (Å²) in [4.78, 5) is 24.2. The number of hydrogen-bond acceptors (Lipinski definition) is 4. The summed E-state index contributed by atoms with van der Waals surface area (Å²) in [6.07, 6.45) is -0.354. The van der Waals surface area contributed by atoms with Gasteiger partial charge in [0.05, 0.1) is 11.1 Å². The van der Waals surface area contributed by atoms with Crippen molar-refractivity contribution >= 4 is 11.9 Å². The Labute approximate surface area is 132 Å². The average molecular weight is 306 g/mol. The summed E-state index contributed by atoms with van der Waals surface area (Å²) in [5.41, 5.74) is 0.721. The van der Waals surface area contributed by atoms with E-state index in [4.69, 9.17) is 9.47 Å². The Morgan fingerprint density at radius 2 is 1.14 bits per heavy atom. The van der Waals surface area contributed by atoms with Crippen LogP contribution < -0.4 is 0 Å². The van der Waals surface area contributed by atoms with Crippen LogP contribution in [0.3, 0.4) is 0 Å². The second-order valence-corrected chi connectivity index (χ2v) is 6.29. The Kier molecular flexibility index (Phi) is 6.60. The molecule has 2 atom stereocenters. The molecule has 0 aromatic heterocycles. The van der Waals surface area contributed by atoms with Crippen LogP contribution in [0.5, 0.6) is 0 Å². The van der Waals surface area contributed by atoms with Gasteiger partial charge in [-0.2, -0.15) is 0 Å². The molecule has 1 rings (SSSR count). The third-order valence-corrected chi connectivity index (χ3v) is 3.80. The minimum absolute atomic E-state index is 0.177. The van der Waals surface area contributed by atoms with Crippen LogP contribution in [-0.4, -0.2) is 24.1 Å². The molecule has 2 unspecified atom stereocenters. The molecule has 4 nitrogen and oxygen atoms in total. The number of carbonyl (C=O) groups is 2. The zero-order valence-corrected chi connectivity index (χ0v) is 14.3. The summed E-state index contributed by atoms with van der Waals surface area (Å²) in [6.45, 7) is 11.6. The molecule has 0 aliphatic rings. The van der Waals surface area contributed by atoms with E-state index in [1.165, 1.54) is 6.07 Å². The molecule has 22 heavy (non-hydrogen) atoms. The number of rotatable bonds is 6. The van der Waals surface area contributed by atoms with Crippen molar-refractivity contribution in [2.24, 2.45) is 11.8 Å². The Bertz CT molecular complexity index is 476. The van der Waals surface area contributed by atoms with Crippen LogP contribution in [0.1, 0.15) is 62.3 Å². The molecule has 0 spiro atoms. The Hall–Kier alpha value is -1.84. The lowest BCUT2D eigenvalue weighted by molar-refractivity contribution is 0.0236. The molecule has 0 aliphatic heterocycles. The van der Waals surface area contributed by atoms with E-state index in [0.717, 1.165) is 0 Å². The third kappa shape index (κ3) is 5.17. The number of esters is 2. The van der Waals surface area contributed by atoms with Crippen LogP contribution in [0.25, 0.3) is 0 Å². The summed E-state index contributed by atoms with van der Waals surface area (Å²) >= 11 is 0. The highest BCUT2D eigenvalue weighted by Crippen LogP contribution is 2.14. The zero-order valence-electron chi connectivity index (χ0n) is 14.3. The molecule has 0 bridgehead atoms. The van der Waals surface area contributed by atoms with Crippen molar-refractivity contribution in [2.45, 2.75) is 53.8 Å². The minimum atomic E-state index is -0.423. The fourth-order valence-corrected chi connectivity index (χ4v) is 1.52. The van der Waals surface area contributed by atoms with Gasteiger partial charge in [-0.1, -0.05) is 33.8 Å². The van der Waals surface area contributed by atoms with Crippen LogP contribution in [0.15, 0.2) is 24.3 Å². The lowest BCUT2D eigenvalue weighted by atomic mass is 10.1. The van der Waals surface area contributed by atoms with Gasteiger partial charge in [-0.05, 0) is 43.9 Å². The highest BCUT2D eigenvalue weighted by Gasteiger charge is 2.18. The van der Waals surface area contributed by atoms with Crippen molar-refractivity contribution in [3.8, 4) is 0 Å². The van der Waals surface area contributed by atoms with Crippen LogP contribution in [0.4, 0.5) is 0 Å². The van der Waals surface area contributed by atoms with E-state index < -0.39 is 11.9 Å². The van der Waals surface area contributed by atoms with Crippen molar-refractivity contribution in [1.29, 1.82) is 0 Å². The fraction of sp³-hybridized carbons (Fsp3) is 0.556. The smallest absolute Gasteiger partial charge is 0.338 e. The summed E-state index contributed by atoms with van der Waals surface area (Å²) in [7, 11) is 0. The molecule has 1 aromatic carbocycles. The molecule has 0 aliphatic carbocycles. The van der Waals surface area contributed by atoms with Crippen molar-refractivity contribution in [3.63, 3.8) is 0 Å². The molecule has 0 fully saturated rings. The third-order valence-electron chi connectivity index (χ3n) is 3.80. The topological polar surface area (TPSA) is 52.6 Å². The molecular weight excluding hydrogens is 280 g/mol. The van der Waals surface area contributed by atoms with Gasteiger partial charge in [0, 0.05) is 0 Å². The first kappa shape index (κ1) is 18.2. The van der Waals surface area contributed by atoms with Gasteiger partial charge >= 0.3 is 11.9 Å². The highest BCUT2D eigenvalue weighted by molar-refractivity contribution is 5.95. The SMILES string of the molecule is CC(C)C(C)OC(=O)c1cccc(C(=O)OC(C)C(C)C)c1. The van der Waals surface area contributed by atoms with Crippen LogP contribution in [-0.2, 0) is 9.47 Å². The van der Waals surface area contributed by atoms with E-state index in [1.54, 1.807) is 18.2 Å². The van der Waals surface area contributed by atoms with Crippen LogP contribution >= 0.6 is 0 Å². The molecule has 1 aromatic rings. The van der Waals surface area contributed by atoms with Gasteiger partial charge in [-0.3, -0.25) is 0 Å². The quantitative estimate of drug-likeness (QED) is 0.743. The molecule has 0 N–H and O–H groups in total. The molecule has 4 heteroatoms. The minimum Gasteiger partial charge on any atom is -0.459 e. The first-order valence-corrected chi connectivity index (χ1v) is 7.74. The van der Waals surface area contributed by atoms with Crippen molar-refractivity contribution in [3.05, 3.63) is 35.4 Å². The van der Waals surface area contributed by atoms with Crippen LogP contribution in [0.2, 0.25) is 0 Å². The van der Waals surface area contributed by atoms with E-state index in [-0.39, 0.29) is 24.0 Å². The summed E-state index contributed by atoms with van der Waals surface area (Å²) in [5, 5.41) is 0. The van der Waals surface area contributed by atoms with Gasteiger partial charge in [0.1, 0.15) is 12.2 Å². The van der Waals surface area contributed by atoms with E-state index >= 15 is 0 Å². The van der Waals surface area contributed by atoms with Gasteiger partial charge in [0.25, 0.3) is 0 Å². The second-order valence-electron chi connectivity index (χ2n) is 6.29. The average Bonchev–Trinajstić information content (AvgIpc) is 2.46. The standard InChI is InChI=1S/C18H26O4/c1-11(2)13(5)21-17(19)15-8-7-9-16(10-15)18(20)22-14(6)12(3)4/h7-14H,1-6H3. The molecular formula is C18H26O4. The lowest BCUT2D eigenvalue weighted by Gasteiger charge is -2.18. The molecule has 0 radical (unpaired) electrons. The summed E-state index contributed by atoms with van der Waals surface area (Å²) in [5.74, 6) is -0.367. The van der Waals surface area contributed by atoms with Crippen molar-refractivity contribution in [2.75, 3.05) is 0 Å². The Morgan fingerprint density at radius 1 is 0.773 bits per heavy atom. The normalized spacial score (nSPS) is 13.8. The monoisotopic (exact) mass is 306 g/mol. The van der Waals surface area contributed by atoms with E-state index in [2.05, 4.69) is 0 Å². The van der Waals surface area contributed by atoms with Gasteiger partial charge in [-0.15, -0.1) is 0 Å².